The molecule has 1 heterocycles. The molecule has 1 aromatic heterocycles. The first kappa shape index (κ1) is 29.1. The van der Waals surface area contributed by atoms with E-state index in [1.165, 1.54) is 17.7 Å². The van der Waals surface area contributed by atoms with Crippen LogP contribution in [0.4, 0.5) is 28.9 Å². The van der Waals surface area contributed by atoms with Crippen molar-refractivity contribution in [1.29, 1.82) is 0 Å². The number of amides is 1. The highest BCUT2D eigenvalue weighted by atomic mass is 19.4. The molecule has 0 atom stereocenters. The molecule has 0 saturated heterocycles. The van der Waals surface area contributed by atoms with Gasteiger partial charge in [-0.05, 0) is 70.0 Å². The fourth-order valence-electron chi connectivity index (χ4n) is 5.14. The van der Waals surface area contributed by atoms with Crippen LogP contribution in [0.15, 0.2) is 36.4 Å². The number of anilines is 2. The second-order valence-corrected chi connectivity index (χ2v) is 10.1. The summed E-state index contributed by atoms with van der Waals surface area (Å²) < 4.78 is 61.2. The quantitative estimate of drug-likeness (QED) is 0.261. The Bertz CT molecular complexity index is 1430. The minimum absolute atomic E-state index is 0.0144. The number of nitrogens with two attached hydrogens (primary N) is 1. The Labute approximate surface area is 230 Å². The van der Waals surface area contributed by atoms with Crippen LogP contribution in [0, 0.1) is 17.7 Å². The van der Waals surface area contributed by atoms with Gasteiger partial charge in [0.05, 0.1) is 36.1 Å². The highest BCUT2D eigenvalue weighted by Gasteiger charge is 2.30. The summed E-state index contributed by atoms with van der Waals surface area (Å²) >= 11 is 0. The molecule has 0 bridgehead atoms. The summed E-state index contributed by atoms with van der Waals surface area (Å²) in [6.45, 7) is -1.20. The van der Waals surface area contributed by atoms with Crippen LogP contribution in [0.5, 0.6) is 5.75 Å². The summed E-state index contributed by atoms with van der Waals surface area (Å²) in [5, 5.41) is 7.10. The van der Waals surface area contributed by atoms with Gasteiger partial charge in [0.2, 0.25) is 0 Å². The first-order valence-corrected chi connectivity index (χ1v) is 13.0. The highest BCUT2D eigenvalue weighted by Crippen LogP contribution is 2.33. The maximum atomic E-state index is 14.2. The van der Waals surface area contributed by atoms with E-state index in [0.29, 0.717) is 16.9 Å². The number of nitrogens with one attached hydrogen (secondary N) is 2. The molecule has 0 aliphatic heterocycles. The van der Waals surface area contributed by atoms with Crippen LogP contribution in [-0.4, -0.2) is 61.4 Å². The number of rotatable bonds is 8. The Kier molecular flexibility index (Phi) is 8.79. The number of carbonyl (C=O) groups is 1. The molecule has 40 heavy (non-hydrogen) atoms. The number of carbonyl (C=O) groups excluding carboxylic acids is 1. The van der Waals surface area contributed by atoms with Gasteiger partial charge in [0, 0.05) is 29.2 Å². The molecular weight excluding hydrogens is 526 g/mol. The van der Waals surface area contributed by atoms with Crippen molar-refractivity contribution in [3.63, 3.8) is 0 Å². The van der Waals surface area contributed by atoms with Gasteiger partial charge in [0.15, 0.2) is 0 Å². The number of nitrogens with zero attached hydrogens (tertiary/aromatic N) is 2. The summed E-state index contributed by atoms with van der Waals surface area (Å²) in [5.74, 6) is 4.07. The van der Waals surface area contributed by atoms with Gasteiger partial charge in [-0.3, -0.25) is 4.79 Å². The summed E-state index contributed by atoms with van der Waals surface area (Å²) in [6, 6.07) is 9.97. The fourth-order valence-corrected chi connectivity index (χ4v) is 5.14. The Morgan fingerprint density at radius 2 is 1.88 bits per heavy atom. The SMILES string of the molecule is COc1cc(C(N)=O)c(F)cc1NCC#Cc1cc2c(N[C@H]3CC[C@@H](N(C)C)CC3)cccc2n1CC(F)(F)F. The summed E-state index contributed by atoms with van der Waals surface area (Å²) in [7, 11) is 5.51. The van der Waals surface area contributed by atoms with Crippen molar-refractivity contribution >= 4 is 28.2 Å². The number of methoxy groups -OCH3 is 1. The Morgan fingerprint density at radius 1 is 1.15 bits per heavy atom. The molecule has 1 aliphatic carbocycles. The van der Waals surface area contributed by atoms with E-state index in [9.17, 15) is 22.4 Å². The third-order valence-corrected chi connectivity index (χ3v) is 7.21. The van der Waals surface area contributed by atoms with Gasteiger partial charge in [-0.2, -0.15) is 13.2 Å². The number of fused-ring (bicyclic) bond motifs is 1. The number of hydrogen-bond acceptors (Lipinski definition) is 5. The molecule has 0 spiro atoms. The number of hydrogen-bond donors (Lipinski definition) is 3. The number of ether oxygens (including phenoxy) is 1. The van der Waals surface area contributed by atoms with Crippen molar-refractivity contribution in [1.82, 2.24) is 9.47 Å². The van der Waals surface area contributed by atoms with Gasteiger partial charge in [0.25, 0.3) is 5.91 Å². The molecule has 1 amide bonds. The zero-order valence-corrected chi connectivity index (χ0v) is 22.7. The molecule has 4 N–H and O–H groups in total. The lowest BCUT2D eigenvalue weighted by molar-refractivity contribution is -0.140. The van der Waals surface area contributed by atoms with Crippen molar-refractivity contribution in [2.75, 3.05) is 38.4 Å². The van der Waals surface area contributed by atoms with Crippen LogP contribution in [0.1, 0.15) is 41.7 Å². The molecule has 1 aliphatic rings. The average Bonchev–Trinajstić information content (AvgIpc) is 3.23. The van der Waals surface area contributed by atoms with Gasteiger partial charge in [0.1, 0.15) is 18.1 Å². The van der Waals surface area contributed by atoms with Gasteiger partial charge >= 0.3 is 6.18 Å². The predicted octanol–water partition coefficient (Wildman–Crippen LogP) is 5.20. The van der Waals surface area contributed by atoms with E-state index in [1.807, 2.05) is 6.07 Å². The lowest BCUT2D eigenvalue weighted by Crippen LogP contribution is -2.36. The first-order chi connectivity index (χ1) is 19.0. The Hall–Kier alpha value is -3.91. The lowest BCUT2D eigenvalue weighted by atomic mass is 9.90. The van der Waals surface area contributed by atoms with Crippen molar-refractivity contribution in [2.45, 2.75) is 50.5 Å². The van der Waals surface area contributed by atoms with Crippen molar-refractivity contribution < 1.29 is 27.1 Å². The molecule has 214 valence electrons. The number of aromatic nitrogens is 1. The standard InChI is InChI=1S/C29H33F4N5O2/c1-37(2)19-11-9-18(10-12-19)36-24-7-4-8-26-22(24)14-20(38(26)17-29(31,32)33)6-5-13-35-25-16-23(30)21(28(34)39)15-27(25)40-3/h4,7-8,14-16,18-19,35-36H,9-13,17H2,1-3H3,(H2,34,39)/t18-,19+. The first-order valence-electron chi connectivity index (χ1n) is 13.0. The topological polar surface area (TPSA) is 84.5 Å². The second-order valence-electron chi connectivity index (χ2n) is 10.1. The average molecular weight is 560 g/mol. The third-order valence-electron chi connectivity index (χ3n) is 7.21. The van der Waals surface area contributed by atoms with Crippen LogP contribution in [-0.2, 0) is 6.54 Å². The molecular formula is C29H33F4N5O2. The van der Waals surface area contributed by atoms with E-state index >= 15 is 0 Å². The smallest absolute Gasteiger partial charge is 0.406 e. The van der Waals surface area contributed by atoms with E-state index in [4.69, 9.17) is 10.5 Å². The molecule has 3 aromatic rings. The molecule has 4 rings (SSSR count). The number of benzene rings is 2. The van der Waals surface area contributed by atoms with E-state index in [-0.39, 0.29) is 35.3 Å². The fraction of sp³-hybridized carbons (Fsp3) is 0.414. The maximum Gasteiger partial charge on any atom is 0.406 e. The van der Waals surface area contributed by atoms with Crippen LogP contribution >= 0.6 is 0 Å². The molecule has 2 aromatic carbocycles. The molecule has 11 heteroatoms. The molecule has 0 unspecified atom stereocenters. The monoisotopic (exact) mass is 559 g/mol. The van der Waals surface area contributed by atoms with Crippen LogP contribution in [0.25, 0.3) is 10.9 Å². The van der Waals surface area contributed by atoms with Crippen LogP contribution < -0.4 is 21.1 Å². The van der Waals surface area contributed by atoms with Gasteiger partial charge in [-0.25, -0.2) is 4.39 Å². The minimum atomic E-state index is -4.44. The number of halogens is 4. The lowest BCUT2D eigenvalue weighted by Gasteiger charge is -2.33. The van der Waals surface area contributed by atoms with Gasteiger partial charge in [-0.1, -0.05) is 12.0 Å². The normalized spacial score (nSPS) is 17.4. The van der Waals surface area contributed by atoms with Crippen molar-refractivity contribution in [3.05, 3.63) is 53.5 Å². The second kappa shape index (κ2) is 12.1. The van der Waals surface area contributed by atoms with E-state index < -0.39 is 24.4 Å². The minimum Gasteiger partial charge on any atom is -0.495 e. The third kappa shape index (κ3) is 6.80. The highest BCUT2D eigenvalue weighted by molar-refractivity contribution is 5.95. The number of alkyl halides is 3. The van der Waals surface area contributed by atoms with E-state index in [0.717, 1.165) is 37.4 Å². The molecule has 0 radical (unpaired) electrons. The molecule has 1 fully saturated rings. The zero-order chi connectivity index (χ0) is 29.0. The zero-order valence-electron chi connectivity index (χ0n) is 22.7. The summed E-state index contributed by atoms with van der Waals surface area (Å²) in [4.78, 5) is 13.6. The van der Waals surface area contributed by atoms with E-state index in [2.05, 4.69) is 41.5 Å². The van der Waals surface area contributed by atoms with E-state index in [1.54, 1.807) is 18.2 Å². The molecule has 1 saturated carbocycles. The maximum absolute atomic E-state index is 14.2. The van der Waals surface area contributed by atoms with Crippen LogP contribution in [0.3, 0.4) is 0 Å². The Morgan fingerprint density at radius 3 is 2.50 bits per heavy atom. The van der Waals surface area contributed by atoms with Crippen LogP contribution in [0.2, 0.25) is 0 Å². The number of primary amides is 1. The predicted molar refractivity (Wildman–Crippen MR) is 148 cm³/mol. The van der Waals surface area contributed by atoms with Gasteiger partial charge in [-0.15, -0.1) is 0 Å². The summed E-state index contributed by atoms with van der Waals surface area (Å²) in [5.41, 5.74) is 6.51. The van der Waals surface area contributed by atoms with Gasteiger partial charge < -0.3 is 30.6 Å². The summed E-state index contributed by atoms with van der Waals surface area (Å²) in [6.07, 6.45) is -0.378. The molecule has 7 nitrogen and oxygen atoms in total. The Balaban J connectivity index is 1.58. The van der Waals surface area contributed by atoms with Crippen molar-refractivity contribution in [3.8, 4) is 17.6 Å². The van der Waals surface area contributed by atoms with Crippen molar-refractivity contribution in [2.24, 2.45) is 5.73 Å². The largest absolute Gasteiger partial charge is 0.495 e.